The van der Waals surface area contributed by atoms with Crippen LogP contribution in [0.15, 0.2) is 70.3 Å². The van der Waals surface area contributed by atoms with Crippen molar-refractivity contribution in [3.63, 3.8) is 0 Å². The standard InChI is InChI=1S/C25H28N4O4/c1-17(2)15-28(21(30)13-12-18-10-7-11-20(14-18)33-3)22-23(26)29(25(32)27-24(22)31)16-19-8-5-4-6-9-19/h4-14,17H,15-16,26H2,1-3H3,(H,27,31,32)/b13-12+. The minimum atomic E-state index is -0.703. The van der Waals surface area contributed by atoms with Gasteiger partial charge in [-0.1, -0.05) is 56.3 Å². The van der Waals surface area contributed by atoms with Crippen molar-refractivity contribution in [2.75, 3.05) is 24.3 Å². The second-order valence-corrected chi connectivity index (χ2v) is 8.02. The summed E-state index contributed by atoms with van der Waals surface area (Å²) in [6.07, 6.45) is 3.02. The van der Waals surface area contributed by atoms with E-state index in [-0.39, 0.29) is 30.5 Å². The molecular formula is C25H28N4O4. The maximum Gasteiger partial charge on any atom is 0.330 e. The average Bonchev–Trinajstić information content (AvgIpc) is 2.80. The molecule has 0 aliphatic heterocycles. The van der Waals surface area contributed by atoms with Gasteiger partial charge in [-0.3, -0.25) is 19.1 Å². The lowest BCUT2D eigenvalue weighted by atomic mass is 10.1. The molecule has 0 saturated carbocycles. The van der Waals surface area contributed by atoms with Crippen LogP contribution in [0.5, 0.6) is 5.75 Å². The molecule has 8 heteroatoms. The molecular weight excluding hydrogens is 420 g/mol. The van der Waals surface area contributed by atoms with Gasteiger partial charge in [-0.15, -0.1) is 0 Å². The van der Waals surface area contributed by atoms with Gasteiger partial charge in [-0.05, 0) is 35.3 Å². The van der Waals surface area contributed by atoms with Crippen LogP contribution in [0.3, 0.4) is 0 Å². The number of methoxy groups -OCH3 is 1. The molecule has 0 unspecified atom stereocenters. The topological polar surface area (TPSA) is 110 Å². The SMILES string of the molecule is COc1cccc(/C=C/C(=O)N(CC(C)C)c2c(N)n(Cc3ccccc3)c(=O)[nH]c2=O)c1. The van der Waals surface area contributed by atoms with Gasteiger partial charge < -0.3 is 15.4 Å². The van der Waals surface area contributed by atoms with Crippen molar-refractivity contribution < 1.29 is 9.53 Å². The molecule has 1 heterocycles. The number of carbonyl (C=O) groups excluding carboxylic acids is 1. The fourth-order valence-corrected chi connectivity index (χ4v) is 3.42. The Morgan fingerprint density at radius 1 is 1.15 bits per heavy atom. The predicted octanol–water partition coefficient (Wildman–Crippen LogP) is 2.88. The molecule has 3 aromatic rings. The Kier molecular flexibility index (Phi) is 7.50. The number of nitrogens with one attached hydrogen (secondary N) is 1. The minimum absolute atomic E-state index is 0.0421. The third-order valence-corrected chi connectivity index (χ3v) is 4.99. The zero-order chi connectivity index (χ0) is 24.0. The van der Waals surface area contributed by atoms with Gasteiger partial charge >= 0.3 is 5.69 Å². The molecule has 3 N–H and O–H groups in total. The van der Waals surface area contributed by atoms with E-state index < -0.39 is 17.2 Å². The lowest BCUT2D eigenvalue weighted by molar-refractivity contribution is -0.114. The number of carbonyl (C=O) groups is 1. The molecule has 3 rings (SSSR count). The number of H-pyrrole nitrogens is 1. The first-order chi connectivity index (χ1) is 15.8. The highest BCUT2D eigenvalue weighted by molar-refractivity contribution is 6.05. The second-order valence-electron chi connectivity index (χ2n) is 8.02. The van der Waals surface area contributed by atoms with Crippen LogP contribution in [0.25, 0.3) is 6.08 Å². The number of hydrogen-bond donors (Lipinski definition) is 2. The Labute approximate surface area is 191 Å². The number of nitrogens with two attached hydrogens (primary N) is 1. The van der Waals surface area contributed by atoms with Crippen molar-refractivity contribution in [2.24, 2.45) is 5.92 Å². The summed E-state index contributed by atoms with van der Waals surface area (Å²) in [5.41, 5.74) is 6.53. The largest absolute Gasteiger partial charge is 0.497 e. The smallest absolute Gasteiger partial charge is 0.330 e. The fraction of sp³-hybridized carbons (Fsp3) is 0.240. The van der Waals surface area contributed by atoms with Gasteiger partial charge in [0.25, 0.3) is 11.5 Å². The van der Waals surface area contributed by atoms with Gasteiger partial charge in [0.2, 0.25) is 0 Å². The Morgan fingerprint density at radius 2 is 1.88 bits per heavy atom. The lowest BCUT2D eigenvalue weighted by Crippen LogP contribution is -2.42. The molecule has 0 saturated heterocycles. The summed E-state index contributed by atoms with van der Waals surface area (Å²) < 4.78 is 6.47. The normalized spacial score (nSPS) is 11.2. The Balaban J connectivity index is 2.01. The number of rotatable bonds is 8. The van der Waals surface area contributed by atoms with E-state index in [0.717, 1.165) is 11.1 Å². The number of hydrogen-bond acceptors (Lipinski definition) is 5. The molecule has 1 aromatic heterocycles. The zero-order valence-corrected chi connectivity index (χ0v) is 18.9. The first-order valence-corrected chi connectivity index (χ1v) is 10.6. The molecule has 2 aromatic carbocycles. The van der Waals surface area contributed by atoms with E-state index >= 15 is 0 Å². The van der Waals surface area contributed by atoms with E-state index in [0.29, 0.717) is 5.75 Å². The van der Waals surface area contributed by atoms with Gasteiger partial charge in [0.15, 0.2) is 5.69 Å². The molecule has 33 heavy (non-hydrogen) atoms. The third-order valence-electron chi connectivity index (χ3n) is 4.99. The van der Waals surface area contributed by atoms with Gasteiger partial charge in [0, 0.05) is 12.6 Å². The summed E-state index contributed by atoms with van der Waals surface area (Å²) in [4.78, 5) is 42.1. The van der Waals surface area contributed by atoms with E-state index in [1.54, 1.807) is 25.3 Å². The molecule has 8 nitrogen and oxygen atoms in total. The van der Waals surface area contributed by atoms with Crippen molar-refractivity contribution in [1.29, 1.82) is 0 Å². The summed E-state index contributed by atoms with van der Waals surface area (Å²) in [5, 5.41) is 0. The van der Waals surface area contributed by atoms with Gasteiger partial charge in [-0.2, -0.15) is 0 Å². The van der Waals surface area contributed by atoms with Crippen molar-refractivity contribution in [3.05, 3.63) is 92.6 Å². The van der Waals surface area contributed by atoms with Crippen LogP contribution in [-0.4, -0.2) is 29.1 Å². The number of ether oxygens (including phenoxy) is 1. The Hall–Kier alpha value is -4.07. The fourth-order valence-electron chi connectivity index (χ4n) is 3.42. The molecule has 0 radical (unpaired) electrons. The number of amides is 1. The summed E-state index contributed by atoms with van der Waals surface area (Å²) >= 11 is 0. The monoisotopic (exact) mass is 448 g/mol. The number of nitrogens with zero attached hydrogens (tertiary/aromatic N) is 2. The molecule has 0 fully saturated rings. The number of aromatic amines is 1. The quantitative estimate of drug-likeness (QED) is 0.515. The molecule has 0 spiro atoms. The van der Waals surface area contributed by atoms with Crippen LogP contribution < -0.4 is 26.6 Å². The van der Waals surface area contributed by atoms with Crippen molar-refractivity contribution in [1.82, 2.24) is 9.55 Å². The lowest BCUT2D eigenvalue weighted by Gasteiger charge is -2.25. The van der Waals surface area contributed by atoms with E-state index in [9.17, 15) is 14.4 Å². The summed E-state index contributed by atoms with van der Waals surface area (Å²) in [5.74, 6) is 0.231. The van der Waals surface area contributed by atoms with Crippen LogP contribution in [0, 0.1) is 5.92 Å². The Morgan fingerprint density at radius 3 is 2.55 bits per heavy atom. The van der Waals surface area contributed by atoms with E-state index in [2.05, 4.69) is 4.98 Å². The molecule has 0 atom stereocenters. The van der Waals surface area contributed by atoms with Crippen molar-refractivity contribution >= 4 is 23.5 Å². The average molecular weight is 449 g/mol. The summed E-state index contributed by atoms with van der Waals surface area (Å²) in [7, 11) is 1.57. The maximum atomic E-state index is 13.2. The highest BCUT2D eigenvalue weighted by atomic mass is 16.5. The summed E-state index contributed by atoms with van der Waals surface area (Å²) in [6.45, 7) is 4.27. The molecule has 1 amide bonds. The number of aromatic nitrogens is 2. The predicted molar refractivity (Wildman–Crippen MR) is 130 cm³/mol. The van der Waals surface area contributed by atoms with E-state index in [4.69, 9.17) is 10.5 Å². The second kappa shape index (κ2) is 10.5. The molecule has 0 bridgehead atoms. The van der Waals surface area contributed by atoms with Crippen LogP contribution in [0.2, 0.25) is 0 Å². The third kappa shape index (κ3) is 5.79. The highest BCUT2D eigenvalue weighted by Gasteiger charge is 2.23. The highest BCUT2D eigenvalue weighted by Crippen LogP contribution is 2.20. The van der Waals surface area contributed by atoms with Gasteiger partial charge in [-0.25, -0.2) is 4.79 Å². The van der Waals surface area contributed by atoms with Crippen molar-refractivity contribution in [3.8, 4) is 5.75 Å². The maximum absolute atomic E-state index is 13.2. The Bertz CT molecular complexity index is 1260. The van der Waals surface area contributed by atoms with E-state index in [1.165, 1.54) is 15.5 Å². The summed E-state index contributed by atoms with van der Waals surface area (Å²) in [6, 6.07) is 16.5. The molecule has 0 aliphatic carbocycles. The number of nitrogen functional groups attached to an aromatic ring is 1. The van der Waals surface area contributed by atoms with Crippen LogP contribution in [0.1, 0.15) is 25.0 Å². The number of benzene rings is 2. The van der Waals surface area contributed by atoms with E-state index in [1.807, 2.05) is 56.3 Å². The first kappa shape index (κ1) is 23.6. The van der Waals surface area contributed by atoms with Crippen LogP contribution in [-0.2, 0) is 11.3 Å². The molecule has 0 aliphatic rings. The van der Waals surface area contributed by atoms with Gasteiger partial charge in [0.05, 0.1) is 13.7 Å². The minimum Gasteiger partial charge on any atom is -0.497 e. The zero-order valence-electron chi connectivity index (χ0n) is 18.9. The van der Waals surface area contributed by atoms with Crippen LogP contribution >= 0.6 is 0 Å². The molecule has 172 valence electrons. The van der Waals surface area contributed by atoms with Gasteiger partial charge in [0.1, 0.15) is 11.6 Å². The first-order valence-electron chi connectivity index (χ1n) is 10.6. The van der Waals surface area contributed by atoms with Crippen LogP contribution in [0.4, 0.5) is 11.5 Å². The van der Waals surface area contributed by atoms with Crippen molar-refractivity contribution in [2.45, 2.75) is 20.4 Å². The number of anilines is 2.